The summed E-state index contributed by atoms with van der Waals surface area (Å²) in [7, 11) is 0. The minimum Gasteiger partial charge on any atom is -0.367 e. The van der Waals surface area contributed by atoms with E-state index in [-0.39, 0.29) is 18.0 Å². The molecular weight excluding hydrogens is 406 g/mol. The molecule has 0 spiro atoms. The fourth-order valence-corrected chi connectivity index (χ4v) is 4.18. The molecule has 1 saturated heterocycles. The Balaban J connectivity index is 1.83. The van der Waals surface area contributed by atoms with Gasteiger partial charge in [0, 0.05) is 34.3 Å². The van der Waals surface area contributed by atoms with Crippen LogP contribution in [0.3, 0.4) is 0 Å². The van der Waals surface area contributed by atoms with E-state index >= 15 is 0 Å². The van der Waals surface area contributed by atoms with Crippen LogP contribution in [0.2, 0.25) is 5.02 Å². The highest BCUT2D eigenvalue weighted by Gasteiger charge is 2.53. The van der Waals surface area contributed by atoms with E-state index in [2.05, 4.69) is 10.1 Å². The maximum atomic E-state index is 14.8. The summed E-state index contributed by atoms with van der Waals surface area (Å²) in [6.07, 6.45) is 1.32. The molecule has 2 atom stereocenters. The molecule has 1 aromatic heterocycles. The van der Waals surface area contributed by atoms with E-state index in [1.807, 2.05) is 23.6 Å². The van der Waals surface area contributed by atoms with Crippen molar-refractivity contribution in [2.24, 2.45) is 0 Å². The van der Waals surface area contributed by atoms with Gasteiger partial charge in [-0.15, -0.1) is 0 Å². The Morgan fingerprint density at radius 3 is 2.82 bits per heavy atom. The smallest absolute Gasteiger partial charge is 0.200 e. The quantitative estimate of drug-likeness (QED) is 0.451. The SMILES string of the molecule is N#CSc1ncnn1C[C@@]1(c2ccc(F)cc2F)OC[C@@H]1c1ccccc1Cl. The summed E-state index contributed by atoms with van der Waals surface area (Å²) in [4.78, 5) is 4.05. The maximum Gasteiger partial charge on any atom is 0.200 e. The highest BCUT2D eigenvalue weighted by atomic mass is 35.5. The van der Waals surface area contributed by atoms with Gasteiger partial charge in [0.15, 0.2) is 0 Å². The molecule has 0 N–H and O–H groups in total. The Hall–Kier alpha value is -2.47. The van der Waals surface area contributed by atoms with Crippen LogP contribution in [-0.2, 0) is 16.9 Å². The zero-order valence-electron chi connectivity index (χ0n) is 14.3. The molecule has 9 heteroatoms. The van der Waals surface area contributed by atoms with Gasteiger partial charge < -0.3 is 4.74 Å². The van der Waals surface area contributed by atoms with E-state index in [0.29, 0.717) is 16.8 Å². The van der Waals surface area contributed by atoms with Gasteiger partial charge in [-0.05, 0) is 17.7 Å². The highest BCUT2D eigenvalue weighted by Crippen LogP contribution is 2.52. The van der Waals surface area contributed by atoms with E-state index in [1.54, 1.807) is 6.07 Å². The standard InChI is InChI=1S/C19H13ClF2N4OS/c20-16-4-2-1-3-13(16)15-8-27-19(15,14-6-5-12(21)7-17(14)22)9-26-18(28-10-23)24-11-25-26/h1-7,11,15H,8-9H2/t15-,19+/m1/s1. The summed E-state index contributed by atoms with van der Waals surface area (Å²) >= 11 is 7.23. The molecule has 28 heavy (non-hydrogen) atoms. The average Bonchev–Trinajstić information content (AvgIpc) is 3.08. The number of nitrogens with zero attached hydrogens (tertiary/aromatic N) is 4. The number of rotatable bonds is 5. The third-order valence-electron chi connectivity index (χ3n) is 4.84. The van der Waals surface area contributed by atoms with Crippen molar-refractivity contribution in [3.05, 3.63) is 76.6 Å². The second-order valence-electron chi connectivity index (χ2n) is 6.29. The Morgan fingerprint density at radius 2 is 2.14 bits per heavy atom. The Bertz CT molecular complexity index is 1070. The molecule has 0 radical (unpaired) electrons. The van der Waals surface area contributed by atoms with Gasteiger partial charge in [0.1, 0.15) is 29.0 Å². The second-order valence-corrected chi connectivity index (χ2v) is 7.45. The van der Waals surface area contributed by atoms with Crippen molar-refractivity contribution in [2.75, 3.05) is 6.61 Å². The molecular formula is C19H13ClF2N4OS. The Morgan fingerprint density at radius 1 is 1.32 bits per heavy atom. The van der Waals surface area contributed by atoms with Gasteiger partial charge in [0.25, 0.3) is 0 Å². The molecule has 5 nitrogen and oxygen atoms in total. The molecule has 1 aliphatic rings. The van der Waals surface area contributed by atoms with Crippen molar-refractivity contribution >= 4 is 23.4 Å². The lowest BCUT2D eigenvalue weighted by molar-refractivity contribution is -0.191. The monoisotopic (exact) mass is 418 g/mol. The predicted molar refractivity (Wildman–Crippen MR) is 99.7 cm³/mol. The molecule has 4 rings (SSSR count). The Labute approximate surface area is 168 Å². The average molecular weight is 419 g/mol. The van der Waals surface area contributed by atoms with Crippen LogP contribution >= 0.6 is 23.4 Å². The molecule has 142 valence electrons. The summed E-state index contributed by atoms with van der Waals surface area (Å²) in [6, 6.07) is 10.7. The largest absolute Gasteiger partial charge is 0.367 e. The van der Waals surface area contributed by atoms with Gasteiger partial charge in [-0.1, -0.05) is 35.9 Å². The van der Waals surface area contributed by atoms with E-state index in [1.165, 1.54) is 23.1 Å². The third-order valence-corrected chi connectivity index (χ3v) is 5.77. The number of thiocyanates is 1. The minimum absolute atomic E-state index is 0.0927. The van der Waals surface area contributed by atoms with Crippen molar-refractivity contribution in [2.45, 2.75) is 23.2 Å². The summed E-state index contributed by atoms with van der Waals surface area (Å²) in [5, 5.41) is 16.0. The van der Waals surface area contributed by atoms with Crippen LogP contribution in [0.15, 0.2) is 53.9 Å². The number of ether oxygens (including phenoxy) is 1. The summed E-state index contributed by atoms with van der Waals surface area (Å²) in [6.45, 7) is 0.408. The van der Waals surface area contributed by atoms with Crippen molar-refractivity contribution < 1.29 is 13.5 Å². The fourth-order valence-electron chi connectivity index (χ4n) is 3.51. The van der Waals surface area contributed by atoms with Crippen LogP contribution in [-0.4, -0.2) is 21.4 Å². The van der Waals surface area contributed by atoms with Gasteiger partial charge in [-0.25, -0.2) is 18.4 Å². The number of hydrogen-bond donors (Lipinski definition) is 0. The van der Waals surface area contributed by atoms with Crippen molar-refractivity contribution in [3.63, 3.8) is 0 Å². The first kappa shape index (κ1) is 18.9. The topological polar surface area (TPSA) is 63.7 Å². The van der Waals surface area contributed by atoms with E-state index in [9.17, 15) is 8.78 Å². The lowest BCUT2D eigenvalue weighted by Gasteiger charge is -2.50. The van der Waals surface area contributed by atoms with Crippen LogP contribution in [0.25, 0.3) is 0 Å². The zero-order valence-corrected chi connectivity index (χ0v) is 15.9. The first-order chi connectivity index (χ1) is 13.5. The number of aromatic nitrogens is 3. The number of hydrogen-bond acceptors (Lipinski definition) is 5. The molecule has 0 aliphatic carbocycles. The Kier molecular flexibility index (Phi) is 5.06. The molecule has 2 heterocycles. The van der Waals surface area contributed by atoms with Crippen molar-refractivity contribution in [3.8, 4) is 5.40 Å². The number of benzene rings is 2. The number of thioether (sulfide) groups is 1. The van der Waals surface area contributed by atoms with Gasteiger partial charge in [-0.3, -0.25) is 0 Å². The fraction of sp³-hybridized carbons (Fsp3) is 0.211. The zero-order chi connectivity index (χ0) is 19.7. The lowest BCUT2D eigenvalue weighted by Crippen LogP contribution is -2.52. The normalized spacial score (nSPS) is 21.1. The van der Waals surface area contributed by atoms with Crippen LogP contribution in [0.1, 0.15) is 17.0 Å². The van der Waals surface area contributed by atoms with Crippen LogP contribution in [0, 0.1) is 22.3 Å². The van der Waals surface area contributed by atoms with Crippen molar-refractivity contribution in [1.29, 1.82) is 5.26 Å². The van der Waals surface area contributed by atoms with E-state index in [0.717, 1.165) is 23.4 Å². The maximum absolute atomic E-state index is 14.8. The summed E-state index contributed by atoms with van der Waals surface area (Å²) in [5.41, 5.74) is -0.163. The molecule has 0 saturated carbocycles. The molecule has 0 bridgehead atoms. The van der Waals surface area contributed by atoms with Crippen molar-refractivity contribution in [1.82, 2.24) is 14.8 Å². The first-order valence-electron chi connectivity index (χ1n) is 8.33. The number of nitriles is 1. The van der Waals surface area contributed by atoms with Gasteiger partial charge >= 0.3 is 0 Å². The highest BCUT2D eigenvalue weighted by molar-refractivity contribution is 8.03. The van der Waals surface area contributed by atoms with Crippen LogP contribution in [0.5, 0.6) is 0 Å². The molecule has 1 fully saturated rings. The second kappa shape index (κ2) is 7.51. The molecule has 1 aliphatic heterocycles. The molecule has 0 unspecified atom stereocenters. The molecule has 2 aromatic carbocycles. The summed E-state index contributed by atoms with van der Waals surface area (Å²) < 4.78 is 35.7. The summed E-state index contributed by atoms with van der Waals surface area (Å²) in [5.74, 6) is -1.68. The van der Waals surface area contributed by atoms with Crippen LogP contribution in [0.4, 0.5) is 8.78 Å². The van der Waals surface area contributed by atoms with Gasteiger partial charge in [0.05, 0.1) is 13.2 Å². The van der Waals surface area contributed by atoms with Gasteiger partial charge in [-0.2, -0.15) is 10.4 Å². The third kappa shape index (κ3) is 3.15. The molecule has 3 aromatic rings. The molecule has 0 amide bonds. The number of halogens is 3. The van der Waals surface area contributed by atoms with E-state index in [4.69, 9.17) is 21.6 Å². The minimum atomic E-state index is -1.17. The van der Waals surface area contributed by atoms with Crippen LogP contribution < -0.4 is 0 Å². The first-order valence-corrected chi connectivity index (χ1v) is 9.52. The van der Waals surface area contributed by atoms with Gasteiger partial charge in [0.2, 0.25) is 5.16 Å². The predicted octanol–water partition coefficient (Wildman–Crippen LogP) is 4.49. The lowest BCUT2D eigenvalue weighted by atomic mass is 9.73. The van der Waals surface area contributed by atoms with E-state index < -0.39 is 17.2 Å².